The molecular formula is C19H25F3N6OS. The van der Waals surface area contributed by atoms with Gasteiger partial charge in [0.15, 0.2) is 0 Å². The molecule has 2 aliphatic rings. The minimum atomic E-state index is -4.54. The summed E-state index contributed by atoms with van der Waals surface area (Å²) in [5.41, 5.74) is -0.645. The summed E-state index contributed by atoms with van der Waals surface area (Å²) in [5.74, 6) is 0.222. The highest BCUT2D eigenvalue weighted by molar-refractivity contribution is 7.96. The number of rotatable bonds is 5. The number of nitrogens with zero attached hydrogens (tertiary/aromatic N) is 5. The summed E-state index contributed by atoms with van der Waals surface area (Å²) < 4.78 is 50.2. The fourth-order valence-corrected chi connectivity index (χ4v) is 4.43. The second-order valence-corrected chi connectivity index (χ2v) is 8.42. The summed E-state index contributed by atoms with van der Waals surface area (Å²) in [5, 5.41) is 7.52. The molecule has 0 atom stereocenters. The monoisotopic (exact) mass is 442 g/mol. The van der Waals surface area contributed by atoms with Crippen LogP contribution in [0.2, 0.25) is 0 Å². The van der Waals surface area contributed by atoms with Crippen LogP contribution in [0.25, 0.3) is 11.3 Å². The molecule has 0 aromatic carbocycles. The predicted octanol–water partition coefficient (Wildman–Crippen LogP) is 3.86. The number of hydrogen-bond acceptors (Lipinski definition) is 7. The van der Waals surface area contributed by atoms with Crippen LogP contribution in [-0.2, 0) is 10.9 Å². The number of hydrogen-bond donors (Lipinski definition) is 1. The zero-order valence-electron chi connectivity index (χ0n) is 16.7. The lowest BCUT2D eigenvalue weighted by Crippen LogP contribution is -2.35. The Morgan fingerprint density at radius 1 is 1.13 bits per heavy atom. The van der Waals surface area contributed by atoms with Crippen LogP contribution in [0.15, 0.2) is 18.6 Å². The number of aromatic nitrogens is 4. The van der Waals surface area contributed by atoms with Gasteiger partial charge in [-0.25, -0.2) is 9.97 Å². The van der Waals surface area contributed by atoms with E-state index in [2.05, 4.69) is 24.7 Å². The largest absolute Gasteiger partial charge is 0.419 e. The van der Waals surface area contributed by atoms with Gasteiger partial charge >= 0.3 is 6.18 Å². The Morgan fingerprint density at radius 2 is 1.87 bits per heavy atom. The molecule has 11 heteroatoms. The Labute approximate surface area is 177 Å². The van der Waals surface area contributed by atoms with Crippen LogP contribution in [-0.4, -0.2) is 62.7 Å². The maximum atomic E-state index is 13.6. The van der Waals surface area contributed by atoms with Crippen LogP contribution in [0, 0.1) is 0 Å². The predicted molar refractivity (Wildman–Crippen MR) is 109 cm³/mol. The van der Waals surface area contributed by atoms with Gasteiger partial charge in [-0.1, -0.05) is 11.9 Å². The lowest BCUT2D eigenvalue weighted by molar-refractivity contribution is -0.137. The molecule has 2 aliphatic heterocycles. The molecule has 0 bridgehead atoms. The maximum absolute atomic E-state index is 13.6. The van der Waals surface area contributed by atoms with Gasteiger partial charge in [0.2, 0.25) is 5.95 Å². The Balaban J connectivity index is 1.57. The van der Waals surface area contributed by atoms with E-state index in [4.69, 9.17) is 4.74 Å². The van der Waals surface area contributed by atoms with Crippen molar-refractivity contribution < 1.29 is 17.9 Å². The van der Waals surface area contributed by atoms with Crippen molar-refractivity contribution in [2.75, 3.05) is 37.9 Å². The van der Waals surface area contributed by atoms with Crippen LogP contribution in [0.5, 0.6) is 0 Å². The van der Waals surface area contributed by atoms with Crippen LogP contribution in [0.1, 0.15) is 37.3 Å². The van der Waals surface area contributed by atoms with Gasteiger partial charge in [-0.05, 0) is 31.9 Å². The van der Waals surface area contributed by atoms with Crippen molar-refractivity contribution in [3.05, 3.63) is 24.2 Å². The molecular weight excluding hydrogens is 417 g/mol. The summed E-state index contributed by atoms with van der Waals surface area (Å²) in [6, 6.07) is 0.269. The quantitative estimate of drug-likeness (QED) is 0.705. The van der Waals surface area contributed by atoms with E-state index in [9.17, 15) is 13.2 Å². The molecule has 4 heterocycles. The Kier molecular flexibility index (Phi) is 6.49. The average Bonchev–Trinajstić information content (AvgIpc) is 3.24. The van der Waals surface area contributed by atoms with Crippen LogP contribution in [0.3, 0.4) is 0 Å². The van der Waals surface area contributed by atoms with Crippen molar-refractivity contribution in [2.45, 2.75) is 43.9 Å². The van der Waals surface area contributed by atoms with E-state index in [1.165, 1.54) is 6.20 Å². The molecule has 0 aliphatic carbocycles. The molecule has 2 saturated heterocycles. The van der Waals surface area contributed by atoms with Crippen molar-refractivity contribution >= 4 is 17.9 Å². The van der Waals surface area contributed by atoms with E-state index in [1.54, 1.807) is 22.8 Å². The van der Waals surface area contributed by atoms with Crippen LogP contribution >= 0.6 is 11.9 Å². The van der Waals surface area contributed by atoms with Crippen molar-refractivity contribution in [1.82, 2.24) is 24.1 Å². The summed E-state index contributed by atoms with van der Waals surface area (Å²) >= 11 is 1.70. The molecule has 0 saturated carbocycles. The highest BCUT2D eigenvalue weighted by Crippen LogP contribution is 2.36. The Hall–Kier alpha value is -1.85. The third-order valence-corrected chi connectivity index (χ3v) is 6.46. The molecule has 164 valence electrons. The van der Waals surface area contributed by atoms with Gasteiger partial charge < -0.3 is 10.1 Å². The number of piperidine rings is 1. The number of ether oxygens (including phenoxy) is 1. The standard InChI is InChI=1S/C19H25F3N6OS/c1-30-27-6-2-14(3-7-27)25-18-23-11-16(19(20,21)22)17(26-18)13-10-24-28(12-13)15-4-8-29-9-5-15/h10-12,14-15H,2-9H2,1H3,(H,23,25,26). The van der Waals surface area contributed by atoms with E-state index in [0.717, 1.165) is 45.0 Å². The summed E-state index contributed by atoms with van der Waals surface area (Å²) in [4.78, 5) is 8.22. The minimum Gasteiger partial charge on any atom is -0.381 e. The van der Waals surface area contributed by atoms with E-state index < -0.39 is 11.7 Å². The maximum Gasteiger partial charge on any atom is 0.419 e. The molecule has 30 heavy (non-hydrogen) atoms. The van der Waals surface area contributed by atoms with Crippen molar-refractivity contribution in [3.8, 4) is 11.3 Å². The lowest BCUT2D eigenvalue weighted by Gasteiger charge is -2.30. The topological polar surface area (TPSA) is 68.1 Å². The van der Waals surface area contributed by atoms with E-state index in [-0.39, 0.29) is 23.7 Å². The Bertz CT molecular complexity index is 847. The summed E-state index contributed by atoms with van der Waals surface area (Å²) in [6.45, 7) is 3.10. The van der Waals surface area contributed by atoms with E-state index >= 15 is 0 Å². The highest BCUT2D eigenvalue weighted by Gasteiger charge is 2.36. The molecule has 0 spiro atoms. The molecule has 2 aromatic heterocycles. The molecule has 2 fully saturated rings. The SMILES string of the molecule is CSN1CCC(Nc2ncc(C(F)(F)F)c(-c3cnn(C4CCOCC4)c3)n2)CC1. The van der Waals surface area contributed by atoms with E-state index in [0.29, 0.717) is 18.8 Å². The first-order chi connectivity index (χ1) is 14.4. The number of alkyl halides is 3. The molecule has 4 rings (SSSR count). The zero-order chi connectivity index (χ0) is 21.1. The molecule has 1 N–H and O–H groups in total. The minimum absolute atomic E-state index is 0.128. The van der Waals surface area contributed by atoms with Gasteiger partial charge in [0, 0.05) is 50.3 Å². The normalized spacial score (nSPS) is 19.9. The zero-order valence-corrected chi connectivity index (χ0v) is 17.5. The molecule has 7 nitrogen and oxygen atoms in total. The van der Waals surface area contributed by atoms with Gasteiger partial charge in [-0.2, -0.15) is 18.3 Å². The number of nitrogens with one attached hydrogen (secondary N) is 1. The second kappa shape index (κ2) is 9.11. The fraction of sp³-hybridized carbons (Fsp3) is 0.632. The Morgan fingerprint density at radius 3 is 2.53 bits per heavy atom. The van der Waals surface area contributed by atoms with Gasteiger partial charge in [0.05, 0.1) is 17.9 Å². The van der Waals surface area contributed by atoms with Crippen molar-refractivity contribution in [2.24, 2.45) is 0 Å². The van der Waals surface area contributed by atoms with Gasteiger partial charge in [0.25, 0.3) is 0 Å². The van der Waals surface area contributed by atoms with E-state index in [1.807, 2.05) is 6.26 Å². The number of anilines is 1. The first-order valence-corrected chi connectivity index (χ1v) is 11.2. The smallest absolute Gasteiger partial charge is 0.381 e. The van der Waals surface area contributed by atoms with Gasteiger partial charge in [0.1, 0.15) is 5.56 Å². The molecule has 0 unspecified atom stereocenters. The third kappa shape index (κ3) is 4.89. The third-order valence-electron chi connectivity index (χ3n) is 5.58. The highest BCUT2D eigenvalue weighted by atomic mass is 32.2. The fourth-order valence-electron chi connectivity index (χ4n) is 3.85. The molecule has 0 radical (unpaired) electrons. The number of halogens is 3. The van der Waals surface area contributed by atoms with Crippen molar-refractivity contribution in [1.29, 1.82) is 0 Å². The van der Waals surface area contributed by atoms with Crippen LogP contribution < -0.4 is 5.32 Å². The molecule has 0 amide bonds. The summed E-state index contributed by atoms with van der Waals surface area (Å²) in [7, 11) is 0. The molecule has 2 aromatic rings. The lowest BCUT2D eigenvalue weighted by atomic mass is 10.1. The average molecular weight is 443 g/mol. The van der Waals surface area contributed by atoms with Crippen molar-refractivity contribution in [3.63, 3.8) is 0 Å². The van der Waals surface area contributed by atoms with Crippen LogP contribution in [0.4, 0.5) is 19.1 Å². The van der Waals surface area contributed by atoms with Gasteiger partial charge in [-0.3, -0.25) is 8.99 Å². The first kappa shape index (κ1) is 21.4. The summed E-state index contributed by atoms with van der Waals surface area (Å²) in [6.07, 6.45) is 4.83. The second-order valence-electron chi connectivity index (χ2n) is 7.54. The van der Waals surface area contributed by atoms with Gasteiger partial charge in [-0.15, -0.1) is 0 Å². The first-order valence-electron chi connectivity index (χ1n) is 10.1.